The van der Waals surface area contributed by atoms with Crippen LogP contribution in [0.15, 0.2) is 35.8 Å². The molecule has 2 aromatic heterocycles. The Morgan fingerprint density at radius 3 is 2.86 bits per heavy atom. The average molecular weight is 397 g/mol. The summed E-state index contributed by atoms with van der Waals surface area (Å²) in [7, 11) is 1.76. The highest BCUT2D eigenvalue weighted by Crippen LogP contribution is 2.28. The zero-order valence-electron chi connectivity index (χ0n) is 16.8. The maximum atomic E-state index is 13.1. The molecule has 1 aliphatic rings. The first kappa shape index (κ1) is 19.0. The molecular weight excluding hydrogens is 370 g/mol. The van der Waals surface area contributed by atoms with Gasteiger partial charge in [-0.15, -0.1) is 11.3 Å². The third kappa shape index (κ3) is 3.31. The van der Waals surface area contributed by atoms with Gasteiger partial charge in [0.15, 0.2) is 5.01 Å². The molecule has 1 unspecified atom stereocenters. The van der Waals surface area contributed by atoms with E-state index in [0.717, 1.165) is 41.7 Å². The molecule has 6 heteroatoms. The second kappa shape index (κ2) is 7.26. The molecule has 3 heterocycles. The molecule has 0 aliphatic carbocycles. The highest BCUT2D eigenvalue weighted by molar-refractivity contribution is 7.12. The second-order valence-corrected chi connectivity index (χ2v) is 9.10. The van der Waals surface area contributed by atoms with Crippen LogP contribution in [0.4, 0.5) is 0 Å². The standard InChI is InChI=1S/C22H25N3O2S/c1-22(2,3)20(25-11-7-10-18(25)27-4)17-13-28-21(24-17)19(26)15-12-23-16-9-6-5-8-14(15)16/h5-6,8-9,12-13,18H,7,10-11H2,1-4H3/p+1/b25-20-. The molecule has 1 fully saturated rings. The van der Waals surface area contributed by atoms with Gasteiger partial charge in [-0.2, -0.15) is 0 Å². The zero-order chi connectivity index (χ0) is 19.9. The van der Waals surface area contributed by atoms with Crippen LogP contribution >= 0.6 is 11.3 Å². The quantitative estimate of drug-likeness (QED) is 0.523. The van der Waals surface area contributed by atoms with E-state index in [1.165, 1.54) is 11.3 Å². The van der Waals surface area contributed by atoms with Crippen LogP contribution < -0.4 is 0 Å². The first-order valence-corrected chi connectivity index (χ1v) is 10.5. The molecule has 1 aromatic carbocycles. The first-order chi connectivity index (χ1) is 13.4. The van der Waals surface area contributed by atoms with Gasteiger partial charge in [0.25, 0.3) is 6.23 Å². The number of fused-ring (bicyclic) bond motifs is 1. The Morgan fingerprint density at radius 2 is 2.11 bits per heavy atom. The van der Waals surface area contributed by atoms with Gasteiger partial charge in [-0.3, -0.25) is 4.79 Å². The van der Waals surface area contributed by atoms with E-state index in [2.05, 4.69) is 30.3 Å². The molecule has 28 heavy (non-hydrogen) atoms. The SMILES string of the molecule is COC1CCC/[N+]1=C(\c1csc(C(=O)c2c[nH]c3ccccc23)n1)C(C)(C)C. The molecule has 0 spiro atoms. The number of thiazole rings is 1. The Labute approximate surface area is 169 Å². The molecule has 5 nitrogen and oxygen atoms in total. The summed E-state index contributed by atoms with van der Waals surface area (Å²) < 4.78 is 8.01. The van der Waals surface area contributed by atoms with Crippen LogP contribution in [0, 0.1) is 5.41 Å². The molecule has 1 N–H and O–H groups in total. The molecule has 0 bridgehead atoms. The summed E-state index contributed by atoms with van der Waals surface area (Å²) in [5, 5.41) is 3.46. The summed E-state index contributed by atoms with van der Waals surface area (Å²) in [4.78, 5) is 21.1. The fourth-order valence-electron chi connectivity index (χ4n) is 4.06. The fourth-order valence-corrected chi connectivity index (χ4v) is 4.82. The van der Waals surface area contributed by atoms with Crippen LogP contribution in [0.25, 0.3) is 10.9 Å². The normalized spacial score (nSPS) is 19.4. The number of nitrogens with zero attached hydrogens (tertiary/aromatic N) is 2. The number of hydrogen-bond acceptors (Lipinski definition) is 4. The van der Waals surface area contributed by atoms with Crippen molar-refractivity contribution in [1.29, 1.82) is 0 Å². The van der Waals surface area contributed by atoms with Gasteiger partial charge in [0, 0.05) is 47.8 Å². The van der Waals surface area contributed by atoms with Crippen molar-refractivity contribution in [1.82, 2.24) is 9.97 Å². The molecule has 0 saturated carbocycles. The van der Waals surface area contributed by atoms with Crippen LogP contribution in [0.3, 0.4) is 0 Å². The number of aromatic nitrogens is 2. The lowest BCUT2D eigenvalue weighted by Crippen LogP contribution is -2.36. The number of methoxy groups -OCH3 is 1. The Balaban J connectivity index is 1.75. The van der Waals surface area contributed by atoms with Crippen molar-refractivity contribution in [3.8, 4) is 0 Å². The number of para-hydroxylation sites is 1. The second-order valence-electron chi connectivity index (χ2n) is 8.24. The molecule has 0 amide bonds. The number of nitrogens with one attached hydrogen (secondary N) is 1. The lowest BCUT2D eigenvalue weighted by Gasteiger charge is -2.20. The summed E-state index contributed by atoms with van der Waals surface area (Å²) in [6, 6.07) is 7.85. The monoisotopic (exact) mass is 396 g/mol. The van der Waals surface area contributed by atoms with Crippen molar-refractivity contribution in [2.45, 2.75) is 39.8 Å². The van der Waals surface area contributed by atoms with E-state index in [-0.39, 0.29) is 17.4 Å². The molecule has 3 aromatic rings. The van der Waals surface area contributed by atoms with Crippen molar-refractivity contribution in [2.75, 3.05) is 13.7 Å². The minimum absolute atomic E-state index is 0.0355. The van der Waals surface area contributed by atoms with Crippen molar-refractivity contribution < 1.29 is 14.1 Å². The average Bonchev–Trinajstić information content (AvgIpc) is 3.40. The number of rotatable bonds is 4. The highest BCUT2D eigenvalue weighted by Gasteiger charge is 2.39. The lowest BCUT2D eigenvalue weighted by atomic mass is 9.87. The summed E-state index contributed by atoms with van der Waals surface area (Å²) in [5.41, 5.74) is 3.56. The van der Waals surface area contributed by atoms with Gasteiger partial charge in [-0.1, -0.05) is 39.0 Å². The van der Waals surface area contributed by atoms with Gasteiger partial charge in [0.05, 0.1) is 5.56 Å². The fraction of sp³-hybridized carbons (Fsp3) is 0.409. The largest absolute Gasteiger partial charge is 0.360 e. The van der Waals surface area contributed by atoms with Gasteiger partial charge >= 0.3 is 0 Å². The number of carbonyl (C=O) groups excluding carboxylic acids is 1. The summed E-state index contributed by atoms with van der Waals surface area (Å²) in [5.74, 6) is -0.0355. The maximum absolute atomic E-state index is 13.1. The maximum Gasteiger partial charge on any atom is 0.257 e. The smallest absolute Gasteiger partial charge is 0.257 e. The number of benzene rings is 1. The molecule has 4 rings (SSSR count). The Bertz CT molecular complexity index is 1060. The van der Waals surface area contributed by atoms with Crippen LogP contribution in [0.2, 0.25) is 0 Å². The number of ether oxygens (including phenoxy) is 1. The van der Waals surface area contributed by atoms with Crippen molar-refractivity contribution >= 4 is 33.7 Å². The topological polar surface area (TPSA) is 58.0 Å². The molecule has 0 radical (unpaired) electrons. The number of carbonyl (C=O) groups is 1. The third-order valence-electron chi connectivity index (χ3n) is 5.24. The number of H-pyrrole nitrogens is 1. The molecular formula is C22H26N3O2S+. The van der Waals surface area contributed by atoms with E-state index >= 15 is 0 Å². The Hall–Kier alpha value is -2.31. The van der Waals surface area contributed by atoms with Gasteiger partial charge < -0.3 is 9.72 Å². The van der Waals surface area contributed by atoms with Gasteiger partial charge in [0.1, 0.15) is 12.2 Å². The summed E-state index contributed by atoms with van der Waals surface area (Å²) in [6.45, 7) is 7.52. The lowest BCUT2D eigenvalue weighted by molar-refractivity contribution is -0.591. The van der Waals surface area contributed by atoms with Crippen LogP contribution in [-0.4, -0.2) is 45.9 Å². The Morgan fingerprint density at radius 1 is 1.32 bits per heavy atom. The van der Waals surface area contributed by atoms with Crippen LogP contribution in [0.1, 0.15) is 54.7 Å². The molecule has 1 saturated heterocycles. The van der Waals surface area contributed by atoms with Crippen molar-refractivity contribution in [3.05, 3.63) is 52.1 Å². The number of aromatic amines is 1. The van der Waals surface area contributed by atoms with E-state index in [0.29, 0.717) is 10.6 Å². The molecule has 146 valence electrons. The van der Waals surface area contributed by atoms with Crippen LogP contribution in [0.5, 0.6) is 0 Å². The molecule has 1 atom stereocenters. The van der Waals surface area contributed by atoms with E-state index in [4.69, 9.17) is 9.72 Å². The molecule has 1 aliphatic heterocycles. The van der Waals surface area contributed by atoms with Crippen LogP contribution in [-0.2, 0) is 4.74 Å². The highest BCUT2D eigenvalue weighted by atomic mass is 32.1. The van der Waals surface area contributed by atoms with Crippen molar-refractivity contribution in [3.63, 3.8) is 0 Å². The van der Waals surface area contributed by atoms with E-state index in [1.807, 2.05) is 29.6 Å². The van der Waals surface area contributed by atoms with E-state index in [1.54, 1.807) is 13.3 Å². The van der Waals surface area contributed by atoms with Gasteiger partial charge in [0.2, 0.25) is 11.5 Å². The minimum Gasteiger partial charge on any atom is -0.360 e. The number of ketones is 1. The third-order valence-corrected chi connectivity index (χ3v) is 6.08. The van der Waals surface area contributed by atoms with Gasteiger partial charge in [-0.05, 0) is 6.07 Å². The Kier molecular flexibility index (Phi) is 4.93. The number of hydrogen-bond donors (Lipinski definition) is 1. The van der Waals surface area contributed by atoms with Crippen molar-refractivity contribution in [2.24, 2.45) is 5.41 Å². The van der Waals surface area contributed by atoms with E-state index in [9.17, 15) is 4.79 Å². The predicted molar refractivity (Wildman–Crippen MR) is 113 cm³/mol. The summed E-state index contributed by atoms with van der Waals surface area (Å²) in [6.07, 6.45) is 3.97. The first-order valence-electron chi connectivity index (χ1n) is 9.63. The minimum atomic E-state index is -0.101. The van der Waals surface area contributed by atoms with Gasteiger partial charge in [-0.25, -0.2) is 9.56 Å². The predicted octanol–water partition coefficient (Wildman–Crippen LogP) is 4.47. The zero-order valence-corrected chi connectivity index (χ0v) is 17.6. The summed E-state index contributed by atoms with van der Waals surface area (Å²) >= 11 is 1.41. The van der Waals surface area contributed by atoms with E-state index < -0.39 is 0 Å².